The zero-order valence-corrected chi connectivity index (χ0v) is 15.9. The molecule has 0 atom stereocenters. The van der Waals surface area contributed by atoms with Crippen LogP contribution in [0.15, 0.2) is 74.5 Å². The van der Waals surface area contributed by atoms with Gasteiger partial charge in [0.25, 0.3) is 5.91 Å². The molecule has 27 heavy (non-hydrogen) atoms. The van der Waals surface area contributed by atoms with Crippen LogP contribution in [0.2, 0.25) is 0 Å². The number of hydrogen-bond acceptors (Lipinski definition) is 4. The van der Waals surface area contributed by atoms with Crippen molar-refractivity contribution in [3.05, 3.63) is 86.9 Å². The summed E-state index contributed by atoms with van der Waals surface area (Å²) in [4.78, 5) is 23.9. The second kappa shape index (κ2) is 6.85. The molecule has 0 saturated heterocycles. The van der Waals surface area contributed by atoms with Gasteiger partial charge in [-0.05, 0) is 55.5 Å². The first-order chi connectivity index (χ1) is 13.0. The number of halogens is 1. The molecule has 2 heterocycles. The highest BCUT2D eigenvalue weighted by Gasteiger charge is 2.15. The van der Waals surface area contributed by atoms with E-state index in [1.165, 1.54) is 6.07 Å². The fourth-order valence-electron chi connectivity index (χ4n) is 2.82. The quantitative estimate of drug-likeness (QED) is 0.498. The van der Waals surface area contributed by atoms with Crippen LogP contribution in [0.3, 0.4) is 0 Å². The second-order valence-corrected chi connectivity index (χ2v) is 6.91. The Morgan fingerprint density at radius 2 is 1.89 bits per heavy atom. The summed E-state index contributed by atoms with van der Waals surface area (Å²) in [5.41, 5.74) is 2.77. The van der Waals surface area contributed by atoms with Crippen molar-refractivity contribution in [3.63, 3.8) is 0 Å². The summed E-state index contributed by atoms with van der Waals surface area (Å²) >= 11 is 3.41. The minimum absolute atomic E-state index is 0.257. The van der Waals surface area contributed by atoms with Crippen molar-refractivity contribution >= 4 is 38.5 Å². The molecule has 0 spiro atoms. The van der Waals surface area contributed by atoms with E-state index in [2.05, 4.69) is 26.3 Å². The molecule has 0 unspecified atom stereocenters. The van der Waals surface area contributed by atoms with Crippen molar-refractivity contribution in [2.24, 2.45) is 0 Å². The Morgan fingerprint density at radius 3 is 2.67 bits per heavy atom. The number of anilines is 1. The van der Waals surface area contributed by atoms with Gasteiger partial charge in [-0.2, -0.15) is 5.10 Å². The normalized spacial score (nSPS) is 10.9. The summed E-state index contributed by atoms with van der Waals surface area (Å²) in [5, 5.41) is 7.92. The van der Waals surface area contributed by atoms with Crippen LogP contribution in [0.1, 0.15) is 16.1 Å². The molecule has 4 aromatic rings. The molecule has 1 amide bonds. The van der Waals surface area contributed by atoms with E-state index in [0.29, 0.717) is 16.8 Å². The van der Waals surface area contributed by atoms with Gasteiger partial charge in [-0.3, -0.25) is 4.79 Å². The number of carbonyl (C=O) groups is 1. The summed E-state index contributed by atoms with van der Waals surface area (Å²) in [6.07, 6.45) is 1.55. The maximum Gasteiger partial charge on any atom is 0.336 e. The van der Waals surface area contributed by atoms with E-state index < -0.39 is 5.63 Å². The topological polar surface area (TPSA) is 77.1 Å². The molecule has 7 heteroatoms. The van der Waals surface area contributed by atoms with Gasteiger partial charge < -0.3 is 9.73 Å². The number of rotatable bonds is 3. The molecule has 0 aliphatic heterocycles. The molecular weight excluding hydrogens is 410 g/mol. The molecule has 0 bridgehead atoms. The fraction of sp³-hybridized carbons (Fsp3) is 0.0500. The van der Waals surface area contributed by atoms with Crippen molar-refractivity contribution < 1.29 is 9.21 Å². The number of hydrogen-bond donors (Lipinski definition) is 1. The molecule has 0 fully saturated rings. The van der Waals surface area contributed by atoms with Gasteiger partial charge in [0.05, 0.1) is 23.1 Å². The van der Waals surface area contributed by atoms with Gasteiger partial charge in [-0.1, -0.05) is 15.9 Å². The Bertz CT molecular complexity index is 1210. The smallest absolute Gasteiger partial charge is 0.336 e. The standard InChI is InChI=1S/C20H14BrN3O3/c1-12-17(11-22-24(12)16-6-3-14(21)4-7-16)20(26)23-15-5-8-18-13(10-15)2-9-19(25)27-18/h2-11H,1H3,(H,23,26). The van der Waals surface area contributed by atoms with E-state index in [9.17, 15) is 9.59 Å². The van der Waals surface area contributed by atoms with Crippen LogP contribution in [0.4, 0.5) is 5.69 Å². The molecule has 0 saturated carbocycles. The minimum atomic E-state index is -0.407. The second-order valence-electron chi connectivity index (χ2n) is 5.99. The van der Waals surface area contributed by atoms with Gasteiger partial charge in [-0.25, -0.2) is 9.48 Å². The molecular formula is C20H14BrN3O3. The zero-order chi connectivity index (χ0) is 19.0. The summed E-state index contributed by atoms with van der Waals surface area (Å²) in [6.45, 7) is 1.85. The minimum Gasteiger partial charge on any atom is -0.423 e. The number of aromatic nitrogens is 2. The SMILES string of the molecule is Cc1c(C(=O)Nc2ccc3oc(=O)ccc3c2)cnn1-c1ccc(Br)cc1. The zero-order valence-electron chi connectivity index (χ0n) is 14.3. The van der Waals surface area contributed by atoms with Crippen LogP contribution >= 0.6 is 15.9 Å². The Kier molecular flexibility index (Phi) is 4.37. The molecule has 4 rings (SSSR count). The average Bonchev–Trinajstić information content (AvgIpc) is 3.04. The number of carbonyl (C=O) groups excluding carboxylic acids is 1. The number of nitrogens with zero attached hydrogens (tertiary/aromatic N) is 2. The lowest BCUT2D eigenvalue weighted by molar-refractivity contribution is 0.102. The predicted molar refractivity (Wildman–Crippen MR) is 106 cm³/mol. The maximum atomic E-state index is 12.7. The van der Waals surface area contributed by atoms with Gasteiger partial charge in [-0.15, -0.1) is 0 Å². The fourth-order valence-corrected chi connectivity index (χ4v) is 3.09. The highest BCUT2D eigenvalue weighted by molar-refractivity contribution is 9.10. The number of fused-ring (bicyclic) bond motifs is 1. The largest absolute Gasteiger partial charge is 0.423 e. The summed E-state index contributed by atoms with van der Waals surface area (Å²) in [5.74, 6) is -0.257. The molecule has 134 valence electrons. The van der Waals surface area contributed by atoms with Crippen LogP contribution in [-0.2, 0) is 0 Å². The first-order valence-corrected chi connectivity index (χ1v) is 8.96. The van der Waals surface area contributed by atoms with Gasteiger partial charge in [0, 0.05) is 21.6 Å². The lowest BCUT2D eigenvalue weighted by Gasteiger charge is -2.07. The first kappa shape index (κ1) is 17.2. The van der Waals surface area contributed by atoms with Crippen molar-refractivity contribution in [1.82, 2.24) is 9.78 Å². The number of benzene rings is 2. The van der Waals surface area contributed by atoms with E-state index in [-0.39, 0.29) is 5.91 Å². The van der Waals surface area contributed by atoms with Gasteiger partial charge in [0.2, 0.25) is 0 Å². The predicted octanol–water partition coefficient (Wildman–Crippen LogP) is 4.30. The van der Waals surface area contributed by atoms with Crippen molar-refractivity contribution in [2.75, 3.05) is 5.32 Å². The Labute approximate surface area is 162 Å². The monoisotopic (exact) mass is 423 g/mol. The lowest BCUT2D eigenvalue weighted by Crippen LogP contribution is -2.13. The molecule has 0 radical (unpaired) electrons. The van der Waals surface area contributed by atoms with Crippen LogP contribution in [0.5, 0.6) is 0 Å². The van der Waals surface area contributed by atoms with E-state index >= 15 is 0 Å². The van der Waals surface area contributed by atoms with E-state index in [0.717, 1.165) is 21.2 Å². The number of nitrogens with one attached hydrogen (secondary N) is 1. The highest BCUT2D eigenvalue weighted by Crippen LogP contribution is 2.20. The summed E-state index contributed by atoms with van der Waals surface area (Å²) < 4.78 is 7.79. The molecule has 2 aromatic carbocycles. The Hall–Kier alpha value is -3.19. The summed E-state index contributed by atoms with van der Waals surface area (Å²) in [6, 6.07) is 15.8. The van der Waals surface area contributed by atoms with Crippen LogP contribution < -0.4 is 10.9 Å². The lowest BCUT2D eigenvalue weighted by atomic mass is 10.2. The van der Waals surface area contributed by atoms with E-state index in [4.69, 9.17) is 4.42 Å². The molecule has 1 N–H and O–H groups in total. The van der Waals surface area contributed by atoms with Crippen molar-refractivity contribution in [1.29, 1.82) is 0 Å². The van der Waals surface area contributed by atoms with Crippen LogP contribution in [-0.4, -0.2) is 15.7 Å². The first-order valence-electron chi connectivity index (χ1n) is 8.17. The summed E-state index contributed by atoms with van der Waals surface area (Å²) in [7, 11) is 0. The van der Waals surface area contributed by atoms with Crippen molar-refractivity contribution in [3.8, 4) is 5.69 Å². The number of amides is 1. The third-order valence-electron chi connectivity index (χ3n) is 4.20. The molecule has 0 aliphatic rings. The van der Waals surface area contributed by atoms with Gasteiger partial charge in [0.15, 0.2) is 0 Å². The third-order valence-corrected chi connectivity index (χ3v) is 4.73. The molecule has 2 aromatic heterocycles. The van der Waals surface area contributed by atoms with Gasteiger partial charge in [0.1, 0.15) is 5.58 Å². The van der Waals surface area contributed by atoms with Gasteiger partial charge >= 0.3 is 5.63 Å². The van der Waals surface area contributed by atoms with Crippen LogP contribution in [0, 0.1) is 6.92 Å². The van der Waals surface area contributed by atoms with E-state index in [1.807, 2.05) is 31.2 Å². The highest BCUT2D eigenvalue weighted by atomic mass is 79.9. The molecule has 0 aliphatic carbocycles. The van der Waals surface area contributed by atoms with Crippen molar-refractivity contribution in [2.45, 2.75) is 6.92 Å². The Morgan fingerprint density at radius 1 is 1.11 bits per heavy atom. The third kappa shape index (κ3) is 3.41. The molecule has 6 nitrogen and oxygen atoms in total. The maximum absolute atomic E-state index is 12.7. The Balaban J connectivity index is 1.61. The van der Waals surface area contributed by atoms with Crippen LogP contribution in [0.25, 0.3) is 16.7 Å². The van der Waals surface area contributed by atoms with E-state index in [1.54, 1.807) is 35.1 Å². The average molecular weight is 424 g/mol.